The third-order valence-corrected chi connectivity index (χ3v) is 3.34. The van der Waals surface area contributed by atoms with Crippen molar-refractivity contribution in [1.29, 1.82) is 0 Å². The molecule has 0 aliphatic heterocycles. The summed E-state index contributed by atoms with van der Waals surface area (Å²) in [5.41, 5.74) is 7.38. The molecule has 0 aliphatic rings. The number of carbonyl (C=O) groups excluding carboxylic acids is 1. The Kier molecular flexibility index (Phi) is 6.51. The molecule has 0 fully saturated rings. The molecule has 2 aromatic carbocycles. The fourth-order valence-corrected chi connectivity index (χ4v) is 2.29. The lowest BCUT2D eigenvalue weighted by atomic mass is 10.1. The predicted molar refractivity (Wildman–Crippen MR) is 98.8 cm³/mol. The van der Waals surface area contributed by atoms with E-state index in [1.165, 1.54) is 0 Å². The van der Waals surface area contributed by atoms with Crippen LogP contribution in [0.1, 0.15) is 31.1 Å². The third kappa shape index (κ3) is 4.79. The zero-order valence-corrected chi connectivity index (χ0v) is 14.8. The van der Waals surface area contributed by atoms with Crippen LogP contribution < -0.4 is 25.3 Å². The van der Waals surface area contributed by atoms with Crippen molar-refractivity contribution < 1.29 is 19.0 Å². The summed E-state index contributed by atoms with van der Waals surface area (Å²) in [5, 5.41) is 2.83. The minimum atomic E-state index is -0.269. The van der Waals surface area contributed by atoms with Crippen LogP contribution in [-0.4, -0.2) is 25.7 Å². The molecule has 0 heterocycles. The number of anilines is 2. The smallest absolute Gasteiger partial charge is 0.255 e. The van der Waals surface area contributed by atoms with Gasteiger partial charge in [0.2, 0.25) is 5.75 Å². The van der Waals surface area contributed by atoms with E-state index in [0.717, 1.165) is 0 Å². The molecule has 0 atom stereocenters. The van der Waals surface area contributed by atoms with E-state index in [2.05, 4.69) is 5.32 Å². The summed E-state index contributed by atoms with van der Waals surface area (Å²) in [5.74, 6) is 1.21. The van der Waals surface area contributed by atoms with E-state index in [9.17, 15) is 4.79 Å². The number of nitrogen functional groups attached to an aromatic ring is 1. The van der Waals surface area contributed by atoms with Crippen molar-refractivity contribution in [3.05, 3.63) is 42.0 Å². The highest BCUT2D eigenvalue weighted by atomic mass is 16.5. The van der Waals surface area contributed by atoms with Gasteiger partial charge in [0.05, 0.1) is 19.8 Å². The first kappa shape index (κ1) is 18.4. The van der Waals surface area contributed by atoms with Crippen LogP contribution in [0, 0.1) is 0 Å². The zero-order chi connectivity index (χ0) is 18.2. The van der Waals surface area contributed by atoms with Gasteiger partial charge in [-0.05, 0) is 57.2 Å². The van der Waals surface area contributed by atoms with Crippen molar-refractivity contribution in [1.82, 2.24) is 0 Å². The van der Waals surface area contributed by atoms with Crippen LogP contribution in [0.25, 0.3) is 0 Å². The number of hydrogen-bond acceptors (Lipinski definition) is 5. The highest BCUT2D eigenvalue weighted by Gasteiger charge is 2.18. The molecule has 2 aromatic rings. The van der Waals surface area contributed by atoms with Gasteiger partial charge in [0.15, 0.2) is 11.5 Å². The number of nitrogens with one attached hydrogen (secondary N) is 1. The number of amides is 1. The fraction of sp³-hybridized carbons (Fsp3) is 0.316. The van der Waals surface area contributed by atoms with Gasteiger partial charge in [-0.25, -0.2) is 0 Å². The van der Waals surface area contributed by atoms with Gasteiger partial charge in [-0.2, -0.15) is 0 Å². The average molecular weight is 344 g/mol. The molecule has 25 heavy (non-hydrogen) atoms. The SMILES string of the molecule is CCOc1cc(C(=O)Nc2ccc(N)cc2)cc(OCC)c1OCC. The van der Waals surface area contributed by atoms with Gasteiger partial charge in [-0.15, -0.1) is 0 Å². The Morgan fingerprint density at radius 3 is 1.92 bits per heavy atom. The number of hydrogen-bond donors (Lipinski definition) is 2. The lowest BCUT2D eigenvalue weighted by molar-refractivity contribution is 0.102. The summed E-state index contributed by atoms with van der Waals surface area (Å²) in [6, 6.07) is 10.3. The predicted octanol–water partition coefficient (Wildman–Crippen LogP) is 3.72. The molecule has 134 valence electrons. The van der Waals surface area contributed by atoms with Gasteiger partial charge in [-0.1, -0.05) is 0 Å². The second kappa shape index (κ2) is 8.82. The van der Waals surface area contributed by atoms with E-state index in [-0.39, 0.29) is 5.91 Å². The Morgan fingerprint density at radius 2 is 1.44 bits per heavy atom. The Labute approximate surface area is 147 Å². The van der Waals surface area contributed by atoms with Gasteiger partial charge in [0, 0.05) is 16.9 Å². The highest BCUT2D eigenvalue weighted by molar-refractivity contribution is 6.05. The summed E-state index contributed by atoms with van der Waals surface area (Å²) in [6.07, 6.45) is 0. The molecular weight excluding hydrogens is 320 g/mol. The molecule has 0 aromatic heterocycles. The van der Waals surface area contributed by atoms with Gasteiger partial charge >= 0.3 is 0 Å². The van der Waals surface area contributed by atoms with Crippen molar-refractivity contribution >= 4 is 17.3 Å². The Bertz CT molecular complexity index is 687. The van der Waals surface area contributed by atoms with Gasteiger partial charge < -0.3 is 25.3 Å². The molecule has 6 nitrogen and oxygen atoms in total. The first-order valence-corrected chi connectivity index (χ1v) is 8.32. The Hall–Kier alpha value is -2.89. The fourth-order valence-electron chi connectivity index (χ4n) is 2.29. The molecular formula is C19H24N2O4. The average Bonchev–Trinajstić information content (AvgIpc) is 2.60. The number of rotatable bonds is 8. The van der Waals surface area contributed by atoms with Crippen LogP contribution in [0.3, 0.4) is 0 Å². The van der Waals surface area contributed by atoms with Crippen LogP contribution >= 0.6 is 0 Å². The molecule has 2 rings (SSSR count). The van der Waals surface area contributed by atoms with Crippen molar-refractivity contribution in [2.75, 3.05) is 30.9 Å². The van der Waals surface area contributed by atoms with Gasteiger partial charge in [0.1, 0.15) is 0 Å². The molecule has 0 radical (unpaired) electrons. The third-order valence-electron chi connectivity index (χ3n) is 3.34. The minimum absolute atomic E-state index is 0.269. The number of benzene rings is 2. The van der Waals surface area contributed by atoms with Crippen molar-refractivity contribution in [3.8, 4) is 17.2 Å². The summed E-state index contributed by atoms with van der Waals surface area (Å²) in [7, 11) is 0. The highest BCUT2D eigenvalue weighted by Crippen LogP contribution is 2.39. The molecule has 0 saturated carbocycles. The molecule has 6 heteroatoms. The van der Waals surface area contributed by atoms with E-state index >= 15 is 0 Å². The van der Waals surface area contributed by atoms with Crippen molar-refractivity contribution in [2.24, 2.45) is 0 Å². The molecule has 1 amide bonds. The van der Waals surface area contributed by atoms with Crippen LogP contribution in [0.5, 0.6) is 17.2 Å². The largest absolute Gasteiger partial charge is 0.490 e. The molecule has 0 saturated heterocycles. The molecule has 0 aliphatic carbocycles. The standard InChI is InChI=1S/C19H24N2O4/c1-4-23-16-11-13(12-17(24-5-2)18(16)25-6-3)19(22)21-15-9-7-14(20)8-10-15/h7-12H,4-6,20H2,1-3H3,(H,21,22). The Morgan fingerprint density at radius 1 is 0.920 bits per heavy atom. The maximum atomic E-state index is 12.6. The van der Waals surface area contributed by atoms with Crippen LogP contribution in [0.2, 0.25) is 0 Å². The van der Waals surface area contributed by atoms with E-state index in [1.807, 2.05) is 20.8 Å². The van der Waals surface area contributed by atoms with E-state index in [4.69, 9.17) is 19.9 Å². The molecule has 0 unspecified atom stereocenters. The van der Waals surface area contributed by atoms with Crippen LogP contribution in [0.15, 0.2) is 36.4 Å². The monoisotopic (exact) mass is 344 g/mol. The maximum Gasteiger partial charge on any atom is 0.255 e. The first-order valence-electron chi connectivity index (χ1n) is 8.32. The van der Waals surface area contributed by atoms with E-state index < -0.39 is 0 Å². The van der Waals surface area contributed by atoms with Crippen LogP contribution in [0.4, 0.5) is 11.4 Å². The zero-order valence-electron chi connectivity index (χ0n) is 14.8. The van der Waals surface area contributed by atoms with Crippen molar-refractivity contribution in [3.63, 3.8) is 0 Å². The van der Waals surface area contributed by atoms with E-state index in [1.54, 1.807) is 36.4 Å². The van der Waals surface area contributed by atoms with Gasteiger partial charge in [0.25, 0.3) is 5.91 Å². The number of nitrogens with two attached hydrogens (primary N) is 1. The Balaban J connectivity index is 2.34. The van der Waals surface area contributed by atoms with Crippen molar-refractivity contribution in [2.45, 2.75) is 20.8 Å². The molecule has 0 spiro atoms. The number of ether oxygens (including phenoxy) is 3. The normalized spacial score (nSPS) is 10.2. The number of carbonyl (C=O) groups is 1. The quantitative estimate of drug-likeness (QED) is 0.713. The van der Waals surface area contributed by atoms with Gasteiger partial charge in [-0.3, -0.25) is 4.79 Å². The minimum Gasteiger partial charge on any atom is -0.490 e. The topological polar surface area (TPSA) is 82.8 Å². The second-order valence-electron chi connectivity index (χ2n) is 5.18. The van der Waals surface area contributed by atoms with E-state index in [0.29, 0.717) is 54.0 Å². The maximum absolute atomic E-state index is 12.6. The summed E-state index contributed by atoms with van der Waals surface area (Å²) >= 11 is 0. The lowest BCUT2D eigenvalue weighted by Gasteiger charge is -2.17. The molecule has 3 N–H and O–H groups in total. The first-order chi connectivity index (χ1) is 12.1. The second-order valence-corrected chi connectivity index (χ2v) is 5.18. The summed E-state index contributed by atoms with van der Waals surface area (Å²) < 4.78 is 16.9. The summed E-state index contributed by atoms with van der Waals surface area (Å²) in [4.78, 5) is 12.6. The van der Waals surface area contributed by atoms with Crippen LogP contribution in [-0.2, 0) is 0 Å². The summed E-state index contributed by atoms with van der Waals surface area (Å²) in [6.45, 7) is 7.00. The lowest BCUT2D eigenvalue weighted by Crippen LogP contribution is -2.13. The molecule has 0 bridgehead atoms.